The predicted molar refractivity (Wildman–Crippen MR) is 83.8 cm³/mol. The third-order valence-electron chi connectivity index (χ3n) is 3.63. The van der Waals surface area contributed by atoms with Gasteiger partial charge in [-0.1, -0.05) is 12.1 Å². The van der Waals surface area contributed by atoms with Gasteiger partial charge in [0.25, 0.3) is 0 Å². The van der Waals surface area contributed by atoms with Gasteiger partial charge in [0, 0.05) is 29.3 Å². The summed E-state index contributed by atoms with van der Waals surface area (Å²) in [5, 5.41) is 13.5. The fourth-order valence-electron chi connectivity index (χ4n) is 2.49. The van der Waals surface area contributed by atoms with Crippen molar-refractivity contribution in [2.75, 3.05) is 5.32 Å². The molecule has 3 rings (SSSR count). The second kappa shape index (κ2) is 5.32. The summed E-state index contributed by atoms with van der Waals surface area (Å²) in [5.41, 5.74) is 4.51. The van der Waals surface area contributed by atoms with Gasteiger partial charge in [0.2, 0.25) is 0 Å². The Hall–Kier alpha value is -2.75. The number of H-pyrrole nitrogens is 1. The van der Waals surface area contributed by atoms with E-state index in [0.717, 1.165) is 16.8 Å². The summed E-state index contributed by atoms with van der Waals surface area (Å²) >= 11 is 0. The minimum atomic E-state index is -0.901. The van der Waals surface area contributed by atoms with Gasteiger partial charge >= 0.3 is 5.97 Å². The van der Waals surface area contributed by atoms with Crippen molar-refractivity contribution in [3.8, 4) is 0 Å². The molecule has 0 aliphatic rings. The fraction of sp³-hybridized carbons (Fsp3) is 0.118. The van der Waals surface area contributed by atoms with Crippen LogP contribution < -0.4 is 5.32 Å². The Morgan fingerprint density at radius 2 is 2.10 bits per heavy atom. The standard InChI is InChI=1S/C17H16N2O2/c1-11-9-12(17(20)21)5-6-15(11)19-10-13-3-2-4-16-14(13)7-8-18-16/h2-9,18-19H,10H2,1H3,(H,20,21). The maximum absolute atomic E-state index is 10.9. The van der Waals surface area contributed by atoms with E-state index in [4.69, 9.17) is 5.11 Å². The molecular weight excluding hydrogens is 264 g/mol. The number of rotatable bonds is 4. The van der Waals surface area contributed by atoms with Gasteiger partial charge in [-0.15, -0.1) is 0 Å². The summed E-state index contributed by atoms with van der Waals surface area (Å²) < 4.78 is 0. The fourth-order valence-corrected chi connectivity index (χ4v) is 2.49. The number of carboxylic acids is 1. The molecule has 4 nitrogen and oxygen atoms in total. The molecule has 2 aromatic carbocycles. The Kier molecular flexibility index (Phi) is 3.36. The summed E-state index contributed by atoms with van der Waals surface area (Å²) in [5.74, 6) is -0.901. The zero-order chi connectivity index (χ0) is 14.8. The quantitative estimate of drug-likeness (QED) is 0.681. The van der Waals surface area contributed by atoms with Gasteiger partial charge in [-0.25, -0.2) is 4.79 Å². The first-order valence-corrected chi connectivity index (χ1v) is 6.78. The zero-order valence-corrected chi connectivity index (χ0v) is 11.7. The van der Waals surface area contributed by atoms with Crippen molar-refractivity contribution in [2.24, 2.45) is 0 Å². The van der Waals surface area contributed by atoms with Crippen molar-refractivity contribution < 1.29 is 9.90 Å². The molecular formula is C17H16N2O2. The third-order valence-corrected chi connectivity index (χ3v) is 3.63. The Bertz CT molecular complexity index is 805. The first-order valence-electron chi connectivity index (χ1n) is 6.78. The summed E-state index contributed by atoms with van der Waals surface area (Å²) in [6.45, 7) is 2.61. The second-order valence-electron chi connectivity index (χ2n) is 5.04. The maximum Gasteiger partial charge on any atom is 0.335 e. The molecule has 1 heterocycles. The lowest BCUT2D eigenvalue weighted by Gasteiger charge is -2.11. The molecule has 0 bridgehead atoms. The van der Waals surface area contributed by atoms with Crippen molar-refractivity contribution in [1.82, 2.24) is 4.98 Å². The van der Waals surface area contributed by atoms with Crippen LogP contribution in [0.4, 0.5) is 5.69 Å². The smallest absolute Gasteiger partial charge is 0.335 e. The average molecular weight is 280 g/mol. The van der Waals surface area contributed by atoms with Crippen molar-refractivity contribution in [3.05, 3.63) is 65.4 Å². The number of anilines is 1. The molecule has 0 fully saturated rings. The molecule has 0 unspecified atom stereocenters. The van der Waals surface area contributed by atoms with Gasteiger partial charge in [0.05, 0.1) is 5.56 Å². The van der Waals surface area contributed by atoms with Gasteiger partial charge in [0.1, 0.15) is 0 Å². The Labute approximate surface area is 122 Å². The van der Waals surface area contributed by atoms with E-state index in [1.807, 2.05) is 31.3 Å². The highest BCUT2D eigenvalue weighted by atomic mass is 16.4. The molecule has 0 spiro atoms. The van der Waals surface area contributed by atoms with Gasteiger partial charge in [-0.05, 0) is 48.4 Å². The van der Waals surface area contributed by atoms with E-state index in [-0.39, 0.29) is 0 Å². The summed E-state index contributed by atoms with van der Waals surface area (Å²) in [4.78, 5) is 14.1. The minimum Gasteiger partial charge on any atom is -0.478 e. The van der Waals surface area contributed by atoms with Crippen LogP contribution in [0, 0.1) is 6.92 Å². The monoisotopic (exact) mass is 280 g/mol. The van der Waals surface area contributed by atoms with Crippen LogP contribution in [0.5, 0.6) is 0 Å². The largest absolute Gasteiger partial charge is 0.478 e. The summed E-state index contributed by atoms with van der Waals surface area (Å²) in [7, 11) is 0. The first kappa shape index (κ1) is 13.2. The molecule has 1 aromatic heterocycles. The molecule has 3 N–H and O–H groups in total. The van der Waals surface area contributed by atoms with Crippen LogP contribution >= 0.6 is 0 Å². The van der Waals surface area contributed by atoms with Crippen LogP contribution in [-0.4, -0.2) is 16.1 Å². The molecule has 0 aliphatic heterocycles. The molecule has 0 atom stereocenters. The number of aromatic carboxylic acids is 1. The van der Waals surface area contributed by atoms with Crippen LogP contribution in [0.25, 0.3) is 10.9 Å². The molecule has 4 heteroatoms. The average Bonchev–Trinajstić information content (AvgIpc) is 2.94. The van der Waals surface area contributed by atoms with Crippen molar-refractivity contribution in [2.45, 2.75) is 13.5 Å². The van der Waals surface area contributed by atoms with E-state index >= 15 is 0 Å². The summed E-state index contributed by atoms with van der Waals surface area (Å²) in [6, 6.07) is 13.3. The number of aromatic nitrogens is 1. The van der Waals surface area contributed by atoms with Gasteiger partial charge in [-0.2, -0.15) is 0 Å². The van der Waals surface area contributed by atoms with Gasteiger partial charge < -0.3 is 15.4 Å². The van der Waals surface area contributed by atoms with Gasteiger partial charge in [0.15, 0.2) is 0 Å². The van der Waals surface area contributed by atoms with Crippen LogP contribution in [0.1, 0.15) is 21.5 Å². The second-order valence-corrected chi connectivity index (χ2v) is 5.04. The molecule has 0 radical (unpaired) electrons. The third kappa shape index (κ3) is 2.60. The molecule has 106 valence electrons. The van der Waals surface area contributed by atoms with Crippen LogP contribution in [-0.2, 0) is 6.54 Å². The van der Waals surface area contributed by atoms with E-state index < -0.39 is 5.97 Å². The number of aromatic amines is 1. The van der Waals surface area contributed by atoms with Crippen molar-refractivity contribution in [3.63, 3.8) is 0 Å². The van der Waals surface area contributed by atoms with Crippen LogP contribution in [0.3, 0.4) is 0 Å². The molecule has 0 saturated heterocycles. The number of carboxylic acid groups (broad SMARTS) is 1. The number of aryl methyl sites for hydroxylation is 1. The number of benzene rings is 2. The number of carbonyl (C=O) groups is 1. The lowest BCUT2D eigenvalue weighted by Crippen LogP contribution is -2.03. The SMILES string of the molecule is Cc1cc(C(=O)O)ccc1NCc1cccc2[nH]ccc12. The number of fused-ring (bicyclic) bond motifs is 1. The van der Waals surface area contributed by atoms with Crippen molar-refractivity contribution >= 4 is 22.6 Å². The lowest BCUT2D eigenvalue weighted by molar-refractivity contribution is 0.0697. The Balaban J connectivity index is 1.82. The van der Waals surface area contributed by atoms with Crippen molar-refractivity contribution in [1.29, 1.82) is 0 Å². The van der Waals surface area contributed by atoms with E-state index in [0.29, 0.717) is 12.1 Å². The van der Waals surface area contributed by atoms with Crippen LogP contribution in [0.2, 0.25) is 0 Å². The topological polar surface area (TPSA) is 65.1 Å². The summed E-state index contributed by atoms with van der Waals surface area (Å²) in [6.07, 6.45) is 1.93. The molecule has 0 saturated carbocycles. The maximum atomic E-state index is 10.9. The van der Waals surface area contributed by atoms with Gasteiger partial charge in [-0.3, -0.25) is 0 Å². The lowest BCUT2D eigenvalue weighted by atomic mass is 10.1. The van der Waals surface area contributed by atoms with E-state index in [1.54, 1.807) is 12.1 Å². The number of hydrogen-bond donors (Lipinski definition) is 3. The van der Waals surface area contributed by atoms with E-state index in [9.17, 15) is 4.79 Å². The highest BCUT2D eigenvalue weighted by Crippen LogP contribution is 2.21. The Morgan fingerprint density at radius 3 is 2.86 bits per heavy atom. The molecule has 21 heavy (non-hydrogen) atoms. The minimum absolute atomic E-state index is 0.311. The van der Waals surface area contributed by atoms with E-state index in [2.05, 4.69) is 22.4 Å². The van der Waals surface area contributed by atoms with E-state index in [1.165, 1.54) is 10.9 Å². The highest BCUT2D eigenvalue weighted by Gasteiger charge is 2.06. The zero-order valence-electron chi connectivity index (χ0n) is 11.7. The highest BCUT2D eigenvalue weighted by molar-refractivity contribution is 5.88. The molecule has 3 aromatic rings. The molecule has 0 aliphatic carbocycles. The Morgan fingerprint density at radius 1 is 1.24 bits per heavy atom. The van der Waals surface area contributed by atoms with Crippen LogP contribution in [0.15, 0.2) is 48.7 Å². The normalized spacial score (nSPS) is 10.7. The molecule has 0 amide bonds. The predicted octanol–water partition coefficient (Wildman–Crippen LogP) is 3.79. The number of nitrogens with one attached hydrogen (secondary N) is 2. The first-order chi connectivity index (χ1) is 10.1. The number of hydrogen-bond acceptors (Lipinski definition) is 2.